The fourth-order valence-corrected chi connectivity index (χ4v) is 1.38. The molecule has 0 fully saturated rings. The van der Waals surface area contributed by atoms with Crippen LogP contribution in [0.2, 0.25) is 5.28 Å². The Kier molecular flexibility index (Phi) is 3.93. The van der Waals surface area contributed by atoms with E-state index in [0.29, 0.717) is 12.5 Å². The number of rotatable bonds is 5. The van der Waals surface area contributed by atoms with Crippen molar-refractivity contribution in [3.8, 4) is 6.01 Å². The van der Waals surface area contributed by atoms with Crippen LogP contribution in [-0.2, 0) is 6.54 Å². The van der Waals surface area contributed by atoms with E-state index < -0.39 is 0 Å². The number of nitrogens with one attached hydrogen (secondary N) is 2. The molecule has 0 amide bonds. The van der Waals surface area contributed by atoms with Crippen molar-refractivity contribution in [1.82, 2.24) is 24.9 Å². The number of anilines is 1. The van der Waals surface area contributed by atoms with Crippen molar-refractivity contribution in [3.63, 3.8) is 0 Å². The SMILES string of the molecule is CC(C)Oc1nc(Cl)nc(NCc2cnc[nH]2)n1. The lowest BCUT2D eigenvalue weighted by atomic mass is 10.5. The van der Waals surface area contributed by atoms with Gasteiger partial charge in [-0.15, -0.1) is 0 Å². The second-order valence-corrected chi connectivity index (χ2v) is 4.15. The normalized spacial score (nSPS) is 10.7. The molecule has 0 atom stereocenters. The standard InChI is InChI=1S/C10H13ClN6O/c1-6(2)18-10-16-8(11)15-9(17-10)13-4-7-3-12-5-14-7/h3,5-6H,4H2,1-2H3,(H,12,14)(H,13,15,16,17). The number of hydrogen-bond acceptors (Lipinski definition) is 6. The van der Waals surface area contributed by atoms with E-state index in [1.807, 2.05) is 13.8 Å². The minimum absolute atomic E-state index is 0.0241. The van der Waals surface area contributed by atoms with Crippen molar-refractivity contribution in [3.05, 3.63) is 23.5 Å². The Morgan fingerprint density at radius 1 is 1.39 bits per heavy atom. The van der Waals surface area contributed by atoms with Crippen LogP contribution in [0.15, 0.2) is 12.5 Å². The topological polar surface area (TPSA) is 88.6 Å². The van der Waals surface area contributed by atoms with Crippen LogP contribution in [0.1, 0.15) is 19.5 Å². The minimum Gasteiger partial charge on any atom is -0.461 e. The van der Waals surface area contributed by atoms with Gasteiger partial charge in [0, 0.05) is 6.20 Å². The largest absolute Gasteiger partial charge is 0.461 e. The number of aromatic nitrogens is 5. The van der Waals surface area contributed by atoms with Crippen LogP contribution in [0.4, 0.5) is 5.95 Å². The maximum absolute atomic E-state index is 5.79. The first-order valence-corrected chi connectivity index (χ1v) is 5.80. The van der Waals surface area contributed by atoms with Crippen LogP contribution in [0.5, 0.6) is 6.01 Å². The van der Waals surface area contributed by atoms with Gasteiger partial charge in [0.25, 0.3) is 0 Å². The Bertz CT molecular complexity index is 501. The third-order valence-electron chi connectivity index (χ3n) is 1.92. The number of imidazole rings is 1. The van der Waals surface area contributed by atoms with Crippen molar-refractivity contribution < 1.29 is 4.74 Å². The summed E-state index contributed by atoms with van der Waals surface area (Å²) in [5.41, 5.74) is 0.915. The lowest BCUT2D eigenvalue weighted by Crippen LogP contribution is -2.11. The molecule has 2 rings (SSSR count). The van der Waals surface area contributed by atoms with Gasteiger partial charge in [0.1, 0.15) is 0 Å². The first kappa shape index (κ1) is 12.6. The molecule has 0 aromatic carbocycles. The highest BCUT2D eigenvalue weighted by Crippen LogP contribution is 2.13. The number of ether oxygens (including phenoxy) is 1. The van der Waals surface area contributed by atoms with Crippen molar-refractivity contribution in [2.75, 3.05) is 5.32 Å². The molecule has 96 valence electrons. The maximum Gasteiger partial charge on any atom is 0.322 e. The molecule has 2 aromatic heterocycles. The molecule has 0 aliphatic rings. The highest BCUT2D eigenvalue weighted by atomic mass is 35.5. The lowest BCUT2D eigenvalue weighted by molar-refractivity contribution is 0.222. The van der Waals surface area contributed by atoms with Crippen molar-refractivity contribution in [1.29, 1.82) is 0 Å². The van der Waals surface area contributed by atoms with Gasteiger partial charge >= 0.3 is 6.01 Å². The molecule has 7 nitrogen and oxygen atoms in total. The summed E-state index contributed by atoms with van der Waals surface area (Å²) in [6.07, 6.45) is 3.29. The molecule has 0 unspecified atom stereocenters. The van der Waals surface area contributed by atoms with Gasteiger partial charge in [0.05, 0.1) is 24.7 Å². The highest BCUT2D eigenvalue weighted by Gasteiger charge is 2.07. The van der Waals surface area contributed by atoms with E-state index >= 15 is 0 Å². The van der Waals surface area contributed by atoms with Crippen LogP contribution >= 0.6 is 11.6 Å². The number of nitrogens with zero attached hydrogens (tertiary/aromatic N) is 4. The van der Waals surface area contributed by atoms with Crippen molar-refractivity contribution in [2.45, 2.75) is 26.5 Å². The van der Waals surface area contributed by atoms with E-state index in [1.165, 1.54) is 0 Å². The van der Waals surface area contributed by atoms with Gasteiger partial charge < -0.3 is 15.0 Å². The zero-order valence-electron chi connectivity index (χ0n) is 10.0. The molecule has 8 heteroatoms. The third-order valence-corrected chi connectivity index (χ3v) is 2.09. The molecule has 0 bridgehead atoms. The average molecular weight is 269 g/mol. The Morgan fingerprint density at radius 2 is 2.22 bits per heavy atom. The van der Waals surface area contributed by atoms with Crippen LogP contribution in [0.25, 0.3) is 0 Å². The third kappa shape index (κ3) is 3.56. The van der Waals surface area contributed by atoms with E-state index in [9.17, 15) is 0 Å². The molecule has 0 spiro atoms. The molecular weight excluding hydrogens is 256 g/mol. The van der Waals surface area contributed by atoms with Gasteiger partial charge in [-0.1, -0.05) is 0 Å². The van der Waals surface area contributed by atoms with E-state index in [4.69, 9.17) is 16.3 Å². The average Bonchev–Trinajstić information content (AvgIpc) is 2.77. The Balaban J connectivity index is 2.05. The van der Waals surface area contributed by atoms with Gasteiger partial charge in [-0.2, -0.15) is 15.0 Å². The van der Waals surface area contributed by atoms with E-state index in [-0.39, 0.29) is 17.4 Å². The van der Waals surface area contributed by atoms with E-state index in [2.05, 4.69) is 30.2 Å². The van der Waals surface area contributed by atoms with Gasteiger partial charge in [0.15, 0.2) is 0 Å². The van der Waals surface area contributed by atoms with Crippen LogP contribution < -0.4 is 10.1 Å². The Hall–Kier alpha value is -1.89. The molecule has 0 radical (unpaired) electrons. The zero-order valence-corrected chi connectivity index (χ0v) is 10.8. The fourth-order valence-electron chi connectivity index (χ4n) is 1.23. The Morgan fingerprint density at radius 3 is 2.89 bits per heavy atom. The number of halogens is 1. The smallest absolute Gasteiger partial charge is 0.322 e. The molecular formula is C10H13ClN6O. The monoisotopic (exact) mass is 268 g/mol. The van der Waals surface area contributed by atoms with Crippen molar-refractivity contribution >= 4 is 17.5 Å². The summed E-state index contributed by atoms with van der Waals surface area (Å²) in [5.74, 6) is 0.361. The number of H-pyrrole nitrogens is 1. The fraction of sp³-hybridized carbons (Fsp3) is 0.400. The van der Waals surface area contributed by atoms with Gasteiger partial charge in [-0.3, -0.25) is 0 Å². The van der Waals surface area contributed by atoms with Gasteiger partial charge in [-0.05, 0) is 25.4 Å². The molecule has 2 N–H and O–H groups in total. The predicted molar refractivity (Wildman–Crippen MR) is 66.5 cm³/mol. The molecule has 2 heterocycles. The second kappa shape index (κ2) is 5.63. The molecule has 0 aliphatic carbocycles. The first-order valence-electron chi connectivity index (χ1n) is 5.43. The van der Waals surface area contributed by atoms with E-state index in [0.717, 1.165) is 5.69 Å². The number of aromatic amines is 1. The minimum atomic E-state index is -0.0241. The summed E-state index contributed by atoms with van der Waals surface area (Å²) >= 11 is 5.79. The van der Waals surface area contributed by atoms with Gasteiger partial charge in [0.2, 0.25) is 11.2 Å². The summed E-state index contributed by atoms with van der Waals surface area (Å²) in [6.45, 7) is 4.28. The quantitative estimate of drug-likeness (QED) is 0.857. The molecule has 0 saturated heterocycles. The summed E-state index contributed by atoms with van der Waals surface area (Å²) in [7, 11) is 0. The van der Waals surface area contributed by atoms with Gasteiger partial charge in [-0.25, -0.2) is 4.98 Å². The maximum atomic E-state index is 5.79. The van der Waals surface area contributed by atoms with E-state index in [1.54, 1.807) is 12.5 Å². The van der Waals surface area contributed by atoms with Crippen LogP contribution in [-0.4, -0.2) is 31.0 Å². The molecule has 0 aliphatic heterocycles. The highest BCUT2D eigenvalue weighted by molar-refractivity contribution is 6.28. The molecule has 2 aromatic rings. The second-order valence-electron chi connectivity index (χ2n) is 3.81. The summed E-state index contributed by atoms with van der Waals surface area (Å²) < 4.78 is 5.37. The summed E-state index contributed by atoms with van der Waals surface area (Å²) in [4.78, 5) is 18.8. The summed E-state index contributed by atoms with van der Waals surface area (Å²) in [6, 6.07) is 0.206. The lowest BCUT2D eigenvalue weighted by Gasteiger charge is -2.09. The Labute approximate surface area is 109 Å². The van der Waals surface area contributed by atoms with Crippen LogP contribution in [0.3, 0.4) is 0 Å². The molecule has 18 heavy (non-hydrogen) atoms. The number of hydrogen-bond donors (Lipinski definition) is 2. The van der Waals surface area contributed by atoms with Crippen molar-refractivity contribution in [2.24, 2.45) is 0 Å². The zero-order chi connectivity index (χ0) is 13.0. The summed E-state index contributed by atoms with van der Waals surface area (Å²) in [5, 5.41) is 3.09. The van der Waals surface area contributed by atoms with Crippen LogP contribution in [0, 0.1) is 0 Å². The predicted octanol–water partition coefficient (Wildman–Crippen LogP) is 1.65. The first-order chi connectivity index (χ1) is 8.63. The molecule has 0 saturated carbocycles.